The lowest BCUT2D eigenvalue weighted by Crippen LogP contribution is -2.44. The summed E-state index contributed by atoms with van der Waals surface area (Å²) in [5.41, 5.74) is 4.45. The number of nitriles is 1. The summed E-state index contributed by atoms with van der Waals surface area (Å²) in [5, 5.41) is 9.10. The van der Waals surface area contributed by atoms with Crippen molar-refractivity contribution in [3.8, 4) is 23.1 Å². The first-order valence-electron chi connectivity index (χ1n) is 14.6. The Bertz CT molecular complexity index is 1540. The summed E-state index contributed by atoms with van der Waals surface area (Å²) < 4.78 is 9.90. The molecule has 2 aliphatic rings. The Labute approximate surface area is 241 Å². The number of imidazole rings is 2. The highest BCUT2D eigenvalue weighted by Crippen LogP contribution is 2.39. The lowest BCUT2D eigenvalue weighted by atomic mass is 9.84. The third kappa shape index (κ3) is 5.76. The molecule has 1 fully saturated rings. The zero-order valence-electron chi connectivity index (χ0n) is 23.6. The maximum absolute atomic E-state index is 14.0. The number of carbonyl (C=O) groups is 1. The topological polar surface area (TPSA) is 89.0 Å². The second-order valence-electron chi connectivity index (χ2n) is 11.2. The van der Waals surface area contributed by atoms with Crippen molar-refractivity contribution in [3.63, 3.8) is 0 Å². The first kappa shape index (κ1) is 26.8. The van der Waals surface area contributed by atoms with Gasteiger partial charge in [0, 0.05) is 43.3 Å². The number of hydrogen-bond donors (Lipinski definition) is 0. The van der Waals surface area contributed by atoms with Crippen LogP contribution in [0.25, 0.3) is 11.3 Å². The second-order valence-corrected chi connectivity index (χ2v) is 11.2. The van der Waals surface area contributed by atoms with Crippen molar-refractivity contribution in [2.24, 2.45) is 5.92 Å². The summed E-state index contributed by atoms with van der Waals surface area (Å²) in [7, 11) is 1.69. The van der Waals surface area contributed by atoms with Gasteiger partial charge in [-0.05, 0) is 42.2 Å². The summed E-state index contributed by atoms with van der Waals surface area (Å²) in [5.74, 6) is 2.49. The predicted molar refractivity (Wildman–Crippen MR) is 156 cm³/mol. The zero-order valence-corrected chi connectivity index (χ0v) is 23.6. The molecule has 0 saturated heterocycles. The molecule has 0 bridgehead atoms. The highest BCUT2D eigenvalue weighted by Gasteiger charge is 2.35. The molecule has 3 heterocycles. The third-order valence-electron chi connectivity index (χ3n) is 8.61. The number of rotatable bonds is 8. The smallest absolute Gasteiger partial charge is 0.229 e. The van der Waals surface area contributed by atoms with Crippen LogP contribution < -0.4 is 4.74 Å². The van der Waals surface area contributed by atoms with Gasteiger partial charge in [-0.1, -0.05) is 56.4 Å². The van der Waals surface area contributed by atoms with Crippen LogP contribution in [-0.4, -0.2) is 43.6 Å². The summed E-state index contributed by atoms with van der Waals surface area (Å²) in [4.78, 5) is 25.6. The van der Waals surface area contributed by atoms with Crippen molar-refractivity contribution in [2.45, 2.75) is 64.1 Å². The highest BCUT2D eigenvalue weighted by atomic mass is 16.5. The van der Waals surface area contributed by atoms with Crippen LogP contribution in [0.1, 0.15) is 67.2 Å². The molecule has 8 heteroatoms. The third-order valence-corrected chi connectivity index (χ3v) is 8.61. The Morgan fingerprint density at radius 1 is 1.07 bits per heavy atom. The van der Waals surface area contributed by atoms with E-state index in [2.05, 4.69) is 26.7 Å². The van der Waals surface area contributed by atoms with Crippen LogP contribution in [0, 0.1) is 17.2 Å². The summed E-state index contributed by atoms with van der Waals surface area (Å²) in [6.07, 6.45) is 13.2. The molecule has 1 aliphatic carbocycles. The second kappa shape index (κ2) is 12.0. The minimum absolute atomic E-state index is 0.0577. The van der Waals surface area contributed by atoms with Gasteiger partial charge in [-0.15, -0.1) is 0 Å². The Hall–Kier alpha value is -4.38. The van der Waals surface area contributed by atoms with Gasteiger partial charge >= 0.3 is 0 Å². The van der Waals surface area contributed by atoms with E-state index in [1.807, 2.05) is 53.1 Å². The van der Waals surface area contributed by atoms with Crippen molar-refractivity contribution < 1.29 is 9.53 Å². The minimum Gasteiger partial charge on any atom is -0.496 e. The monoisotopic (exact) mass is 548 g/mol. The fraction of sp³-hybridized carbons (Fsp3) is 0.394. The van der Waals surface area contributed by atoms with E-state index >= 15 is 0 Å². The van der Waals surface area contributed by atoms with E-state index in [9.17, 15) is 4.79 Å². The number of amides is 1. The van der Waals surface area contributed by atoms with Crippen LogP contribution in [-0.2, 0) is 24.3 Å². The number of methoxy groups -OCH3 is 1. The molecular weight excluding hydrogens is 512 g/mol. The standard InChI is InChI=1S/C33H36N6O2/c1-41-31-10-6-5-9-28(31)29-22-37-15-16-39(30(33(37)36-29)17-24-7-3-2-4-8-24)32(40)18-27-20-35-23-38(27)21-26-13-11-25(19-34)12-14-26/h5-6,9-14,20,22-24,30H,2-4,7-8,15-18,21H2,1H3. The van der Waals surface area contributed by atoms with Gasteiger partial charge in [0.05, 0.1) is 43.2 Å². The first-order chi connectivity index (χ1) is 20.1. The number of hydrogen-bond acceptors (Lipinski definition) is 5. The molecule has 210 valence electrons. The Morgan fingerprint density at radius 3 is 2.66 bits per heavy atom. The average Bonchev–Trinajstić information content (AvgIpc) is 3.65. The Balaban J connectivity index is 1.26. The van der Waals surface area contributed by atoms with Gasteiger partial charge in [-0.25, -0.2) is 9.97 Å². The van der Waals surface area contributed by atoms with Crippen LogP contribution in [0.2, 0.25) is 0 Å². The lowest BCUT2D eigenvalue weighted by Gasteiger charge is -2.38. The number of benzene rings is 2. The summed E-state index contributed by atoms with van der Waals surface area (Å²) >= 11 is 0. The first-order valence-corrected chi connectivity index (χ1v) is 14.6. The van der Waals surface area contributed by atoms with E-state index in [-0.39, 0.29) is 18.4 Å². The average molecular weight is 549 g/mol. The van der Waals surface area contributed by atoms with Gasteiger partial charge in [0.25, 0.3) is 0 Å². The predicted octanol–water partition coefficient (Wildman–Crippen LogP) is 5.77. The molecule has 1 unspecified atom stereocenters. The zero-order chi connectivity index (χ0) is 28.2. The van der Waals surface area contributed by atoms with E-state index in [4.69, 9.17) is 15.0 Å². The van der Waals surface area contributed by atoms with Gasteiger partial charge < -0.3 is 18.8 Å². The van der Waals surface area contributed by atoms with Crippen molar-refractivity contribution in [1.82, 2.24) is 24.0 Å². The summed E-state index contributed by atoms with van der Waals surface area (Å²) in [6, 6.07) is 17.6. The number of ether oxygens (including phenoxy) is 1. The number of carbonyl (C=O) groups excluding carboxylic acids is 1. The molecule has 2 aromatic heterocycles. The normalized spacial score (nSPS) is 17.2. The van der Waals surface area contributed by atoms with Gasteiger partial charge in [0.2, 0.25) is 5.91 Å². The highest BCUT2D eigenvalue weighted by molar-refractivity contribution is 5.79. The molecule has 8 nitrogen and oxygen atoms in total. The van der Waals surface area contributed by atoms with Crippen molar-refractivity contribution in [3.05, 3.63) is 89.9 Å². The van der Waals surface area contributed by atoms with Gasteiger partial charge in [0.15, 0.2) is 0 Å². The minimum atomic E-state index is -0.0577. The molecule has 1 atom stereocenters. The molecule has 0 spiro atoms. The Morgan fingerprint density at radius 2 is 1.88 bits per heavy atom. The molecule has 0 N–H and O–H groups in total. The largest absolute Gasteiger partial charge is 0.496 e. The molecule has 6 rings (SSSR count). The number of aromatic nitrogens is 4. The van der Waals surface area contributed by atoms with Gasteiger partial charge in [-0.3, -0.25) is 4.79 Å². The van der Waals surface area contributed by atoms with Crippen LogP contribution in [0.3, 0.4) is 0 Å². The van der Waals surface area contributed by atoms with E-state index in [1.54, 1.807) is 19.6 Å². The number of para-hydroxylation sites is 1. The number of fused-ring (bicyclic) bond motifs is 1. The molecular formula is C33H36N6O2. The van der Waals surface area contributed by atoms with E-state index < -0.39 is 0 Å². The molecule has 41 heavy (non-hydrogen) atoms. The van der Waals surface area contributed by atoms with Crippen LogP contribution in [0.5, 0.6) is 5.75 Å². The molecule has 0 radical (unpaired) electrons. The molecule has 1 saturated carbocycles. The van der Waals surface area contributed by atoms with Crippen LogP contribution in [0.15, 0.2) is 67.3 Å². The fourth-order valence-corrected chi connectivity index (χ4v) is 6.42. The Kier molecular flexibility index (Phi) is 7.86. The van der Waals surface area contributed by atoms with E-state index in [0.717, 1.165) is 47.1 Å². The van der Waals surface area contributed by atoms with Gasteiger partial charge in [0.1, 0.15) is 11.6 Å². The van der Waals surface area contributed by atoms with Crippen LogP contribution >= 0.6 is 0 Å². The van der Waals surface area contributed by atoms with Crippen molar-refractivity contribution in [2.75, 3.05) is 13.7 Å². The van der Waals surface area contributed by atoms with Gasteiger partial charge in [-0.2, -0.15) is 5.26 Å². The number of nitrogens with zero attached hydrogens (tertiary/aromatic N) is 6. The fourth-order valence-electron chi connectivity index (χ4n) is 6.42. The SMILES string of the molecule is COc1ccccc1-c1cn2c(n1)C(CC1CCCCC1)N(C(=O)Cc1cncn1Cc1ccc(C#N)cc1)CC2. The van der Waals surface area contributed by atoms with Crippen molar-refractivity contribution in [1.29, 1.82) is 5.26 Å². The lowest BCUT2D eigenvalue weighted by molar-refractivity contribution is -0.134. The maximum Gasteiger partial charge on any atom is 0.229 e. The summed E-state index contributed by atoms with van der Waals surface area (Å²) in [6.45, 7) is 1.98. The van der Waals surface area contributed by atoms with E-state index in [0.29, 0.717) is 24.6 Å². The maximum atomic E-state index is 14.0. The molecule has 4 aromatic rings. The molecule has 1 aliphatic heterocycles. The quantitative estimate of drug-likeness (QED) is 0.279. The molecule has 1 amide bonds. The molecule has 2 aromatic carbocycles. The van der Waals surface area contributed by atoms with Crippen LogP contribution in [0.4, 0.5) is 0 Å². The van der Waals surface area contributed by atoms with Crippen molar-refractivity contribution >= 4 is 5.91 Å². The van der Waals surface area contributed by atoms with E-state index in [1.165, 1.54) is 32.1 Å².